The Morgan fingerprint density at radius 1 is 1.40 bits per heavy atom. The first-order valence-electron chi connectivity index (χ1n) is 4.99. The molecule has 0 aromatic heterocycles. The topological polar surface area (TPSA) is 75.7 Å². The molecule has 1 aromatic rings. The van der Waals surface area contributed by atoms with E-state index in [9.17, 15) is 5.11 Å². The highest BCUT2D eigenvalue weighted by Gasteiger charge is 2.05. The molecule has 0 aliphatic carbocycles. The number of hydrogen-bond acceptors (Lipinski definition) is 4. The normalized spacial score (nSPS) is 12.5. The van der Waals surface area contributed by atoms with E-state index < -0.39 is 6.10 Å². The molecule has 4 heteroatoms. The van der Waals surface area contributed by atoms with Gasteiger partial charge in [-0.25, -0.2) is 0 Å². The average molecular weight is 211 g/mol. The zero-order valence-corrected chi connectivity index (χ0v) is 8.60. The summed E-state index contributed by atoms with van der Waals surface area (Å²) in [5.74, 6) is 0.688. The van der Waals surface area contributed by atoms with Crippen LogP contribution in [0.15, 0.2) is 24.3 Å². The van der Waals surface area contributed by atoms with Crippen LogP contribution in [-0.2, 0) is 0 Å². The summed E-state index contributed by atoms with van der Waals surface area (Å²) in [6.45, 7) is 0.782. The third-order valence-electron chi connectivity index (χ3n) is 2.04. The maximum absolute atomic E-state index is 9.50. The van der Waals surface area contributed by atoms with Crippen molar-refractivity contribution in [2.45, 2.75) is 12.5 Å². The van der Waals surface area contributed by atoms with E-state index in [1.54, 1.807) is 12.1 Å². The molecule has 0 amide bonds. The summed E-state index contributed by atoms with van der Waals surface area (Å²) in [7, 11) is 0. The zero-order chi connectivity index (χ0) is 11.1. The first-order chi connectivity index (χ1) is 7.27. The van der Waals surface area contributed by atoms with Crippen molar-refractivity contribution in [2.75, 3.05) is 19.8 Å². The van der Waals surface area contributed by atoms with Crippen molar-refractivity contribution >= 4 is 0 Å². The van der Waals surface area contributed by atoms with Crippen molar-refractivity contribution in [1.82, 2.24) is 0 Å². The van der Waals surface area contributed by atoms with Gasteiger partial charge in [-0.05, 0) is 17.7 Å². The zero-order valence-electron chi connectivity index (χ0n) is 8.60. The molecule has 1 unspecified atom stereocenters. The van der Waals surface area contributed by atoms with Crippen molar-refractivity contribution in [3.8, 4) is 5.75 Å². The van der Waals surface area contributed by atoms with Crippen LogP contribution in [0.3, 0.4) is 0 Å². The molecule has 0 aliphatic rings. The van der Waals surface area contributed by atoms with Gasteiger partial charge in [0.05, 0.1) is 12.7 Å². The summed E-state index contributed by atoms with van der Waals surface area (Å²) in [4.78, 5) is 0. The Labute approximate surface area is 89.3 Å². The minimum absolute atomic E-state index is 0.116. The first-order valence-corrected chi connectivity index (χ1v) is 4.99. The quantitative estimate of drug-likeness (QED) is 0.597. The molecule has 0 heterocycles. The third kappa shape index (κ3) is 3.87. The summed E-state index contributed by atoms with van der Waals surface area (Å²) in [5.41, 5.74) is 6.10. The van der Waals surface area contributed by atoms with E-state index in [0.29, 0.717) is 18.8 Å². The Morgan fingerprint density at radius 2 is 2.20 bits per heavy atom. The SMILES string of the molecule is NCC(O)c1cccc(OCCCO)c1. The van der Waals surface area contributed by atoms with Gasteiger partial charge < -0.3 is 20.7 Å². The Balaban J connectivity index is 2.57. The van der Waals surface area contributed by atoms with E-state index in [1.807, 2.05) is 12.1 Å². The van der Waals surface area contributed by atoms with Gasteiger partial charge in [0.1, 0.15) is 5.75 Å². The second kappa shape index (κ2) is 6.40. The van der Waals surface area contributed by atoms with Gasteiger partial charge in [-0.15, -0.1) is 0 Å². The van der Waals surface area contributed by atoms with E-state index in [-0.39, 0.29) is 13.2 Å². The minimum Gasteiger partial charge on any atom is -0.493 e. The largest absolute Gasteiger partial charge is 0.493 e. The van der Waals surface area contributed by atoms with Gasteiger partial charge in [0.2, 0.25) is 0 Å². The Morgan fingerprint density at radius 3 is 2.87 bits per heavy atom. The molecule has 1 rings (SSSR count). The van der Waals surface area contributed by atoms with Crippen molar-refractivity contribution < 1.29 is 14.9 Å². The van der Waals surface area contributed by atoms with Crippen LogP contribution in [0.4, 0.5) is 0 Å². The number of aliphatic hydroxyl groups excluding tert-OH is 2. The molecular formula is C11H17NO3. The summed E-state index contributed by atoms with van der Waals surface area (Å²) in [5, 5.41) is 18.1. The molecular weight excluding hydrogens is 194 g/mol. The molecule has 0 saturated carbocycles. The van der Waals surface area contributed by atoms with E-state index in [2.05, 4.69) is 0 Å². The lowest BCUT2D eigenvalue weighted by molar-refractivity contribution is 0.185. The maximum Gasteiger partial charge on any atom is 0.119 e. The van der Waals surface area contributed by atoms with Gasteiger partial charge in [-0.1, -0.05) is 12.1 Å². The van der Waals surface area contributed by atoms with Crippen molar-refractivity contribution in [3.63, 3.8) is 0 Å². The van der Waals surface area contributed by atoms with Gasteiger partial charge >= 0.3 is 0 Å². The molecule has 0 aliphatic heterocycles. The van der Waals surface area contributed by atoms with Crippen LogP contribution in [0.25, 0.3) is 0 Å². The number of ether oxygens (including phenoxy) is 1. The molecule has 0 bridgehead atoms. The molecule has 4 nitrogen and oxygen atoms in total. The molecule has 1 aromatic carbocycles. The lowest BCUT2D eigenvalue weighted by atomic mass is 10.1. The highest BCUT2D eigenvalue weighted by atomic mass is 16.5. The predicted molar refractivity (Wildman–Crippen MR) is 57.7 cm³/mol. The van der Waals surface area contributed by atoms with Crippen LogP contribution in [-0.4, -0.2) is 30.0 Å². The molecule has 0 saturated heterocycles. The van der Waals surface area contributed by atoms with Gasteiger partial charge in [0.15, 0.2) is 0 Å². The Hall–Kier alpha value is -1.10. The van der Waals surface area contributed by atoms with E-state index in [0.717, 1.165) is 5.56 Å². The third-order valence-corrected chi connectivity index (χ3v) is 2.04. The van der Waals surface area contributed by atoms with Gasteiger partial charge in [-0.2, -0.15) is 0 Å². The number of benzene rings is 1. The summed E-state index contributed by atoms with van der Waals surface area (Å²) in [6, 6.07) is 7.18. The first kappa shape index (κ1) is 12.0. The number of aliphatic hydroxyl groups is 2. The van der Waals surface area contributed by atoms with E-state index in [1.165, 1.54) is 0 Å². The molecule has 0 radical (unpaired) electrons. The highest BCUT2D eigenvalue weighted by molar-refractivity contribution is 5.29. The van der Waals surface area contributed by atoms with E-state index in [4.69, 9.17) is 15.6 Å². The monoisotopic (exact) mass is 211 g/mol. The molecule has 84 valence electrons. The molecule has 0 fully saturated rings. The fourth-order valence-electron chi connectivity index (χ4n) is 1.20. The van der Waals surface area contributed by atoms with Gasteiger partial charge in [0, 0.05) is 19.6 Å². The summed E-state index contributed by atoms with van der Waals surface area (Å²) < 4.78 is 5.37. The second-order valence-electron chi connectivity index (χ2n) is 3.25. The molecule has 4 N–H and O–H groups in total. The number of nitrogens with two attached hydrogens (primary N) is 1. The van der Waals surface area contributed by atoms with Crippen LogP contribution >= 0.6 is 0 Å². The molecule has 15 heavy (non-hydrogen) atoms. The Bertz CT molecular complexity index is 291. The fourth-order valence-corrected chi connectivity index (χ4v) is 1.20. The maximum atomic E-state index is 9.50. The predicted octanol–water partition coefficient (Wildman–Crippen LogP) is 0.440. The smallest absolute Gasteiger partial charge is 0.119 e. The molecule has 1 atom stereocenters. The highest BCUT2D eigenvalue weighted by Crippen LogP contribution is 2.18. The van der Waals surface area contributed by atoms with Crippen LogP contribution in [0, 0.1) is 0 Å². The van der Waals surface area contributed by atoms with Crippen LogP contribution < -0.4 is 10.5 Å². The van der Waals surface area contributed by atoms with E-state index >= 15 is 0 Å². The average Bonchev–Trinajstić information content (AvgIpc) is 2.29. The van der Waals surface area contributed by atoms with Gasteiger partial charge in [0.25, 0.3) is 0 Å². The fraction of sp³-hybridized carbons (Fsp3) is 0.455. The lowest BCUT2D eigenvalue weighted by Crippen LogP contribution is -2.11. The van der Waals surface area contributed by atoms with Crippen molar-refractivity contribution in [2.24, 2.45) is 5.73 Å². The van der Waals surface area contributed by atoms with Crippen LogP contribution in [0.5, 0.6) is 5.75 Å². The number of rotatable bonds is 6. The summed E-state index contributed by atoms with van der Waals surface area (Å²) >= 11 is 0. The lowest BCUT2D eigenvalue weighted by Gasteiger charge is -2.10. The Kier molecular flexibility index (Phi) is 5.10. The van der Waals surface area contributed by atoms with Crippen molar-refractivity contribution in [1.29, 1.82) is 0 Å². The van der Waals surface area contributed by atoms with Crippen LogP contribution in [0.2, 0.25) is 0 Å². The second-order valence-corrected chi connectivity index (χ2v) is 3.25. The van der Waals surface area contributed by atoms with Crippen molar-refractivity contribution in [3.05, 3.63) is 29.8 Å². The van der Waals surface area contributed by atoms with Crippen LogP contribution in [0.1, 0.15) is 18.1 Å². The summed E-state index contributed by atoms with van der Waals surface area (Å²) in [6.07, 6.45) is -0.0460. The standard InChI is InChI=1S/C11H17NO3/c12-8-11(14)9-3-1-4-10(7-9)15-6-2-5-13/h1,3-4,7,11,13-14H,2,5-6,8,12H2. The molecule has 0 spiro atoms. The van der Waals surface area contributed by atoms with Gasteiger partial charge in [-0.3, -0.25) is 0 Å². The number of hydrogen-bond donors (Lipinski definition) is 3. The minimum atomic E-state index is -0.647.